The lowest BCUT2D eigenvalue weighted by Gasteiger charge is -2.17. The Bertz CT molecular complexity index is 416. The molecule has 1 N–H and O–H groups in total. The summed E-state index contributed by atoms with van der Waals surface area (Å²) < 4.78 is 36.9. The molecule has 0 amide bonds. The van der Waals surface area contributed by atoms with Crippen molar-refractivity contribution in [3.63, 3.8) is 0 Å². The summed E-state index contributed by atoms with van der Waals surface area (Å²) in [6, 6.07) is 2.32. The molecule has 0 aliphatic heterocycles. The number of alkyl halides is 3. The summed E-state index contributed by atoms with van der Waals surface area (Å²) in [5.74, 6) is 0. The van der Waals surface area contributed by atoms with Crippen molar-refractivity contribution in [2.75, 3.05) is 6.54 Å². The molecule has 1 aromatic rings. The lowest BCUT2D eigenvalue weighted by atomic mass is 10.1. The first-order chi connectivity index (χ1) is 9.99. The second-order valence-corrected chi connectivity index (χ2v) is 6.94. The molecule has 120 valence electrons. The molecule has 1 aliphatic rings. The van der Waals surface area contributed by atoms with Crippen LogP contribution < -0.4 is 5.32 Å². The summed E-state index contributed by atoms with van der Waals surface area (Å²) >= 11 is 1.81. The maximum Gasteiger partial charge on any atom is 0.389 e. The number of hydrogen-bond donors (Lipinski definition) is 1. The number of aryl methyl sites for hydroxylation is 2. The van der Waals surface area contributed by atoms with Crippen LogP contribution in [0.4, 0.5) is 13.2 Å². The van der Waals surface area contributed by atoms with Crippen molar-refractivity contribution in [1.29, 1.82) is 0 Å². The van der Waals surface area contributed by atoms with Crippen LogP contribution in [0.3, 0.4) is 0 Å². The molecule has 0 fully saturated rings. The standard InChI is InChI=1S/C16H24F3NS/c1-2-20-13(8-6-10-16(17,18)19)15-11-12-7-4-3-5-9-14(12)21-15/h11,13,20H,2-10H2,1H3. The van der Waals surface area contributed by atoms with Crippen LogP contribution in [0, 0.1) is 0 Å². The van der Waals surface area contributed by atoms with Crippen molar-refractivity contribution in [2.45, 2.75) is 70.5 Å². The van der Waals surface area contributed by atoms with Crippen molar-refractivity contribution in [3.8, 4) is 0 Å². The van der Waals surface area contributed by atoms with Crippen molar-refractivity contribution < 1.29 is 13.2 Å². The Labute approximate surface area is 128 Å². The van der Waals surface area contributed by atoms with Gasteiger partial charge in [0, 0.05) is 22.2 Å². The minimum Gasteiger partial charge on any atom is -0.310 e. The fraction of sp³-hybridized carbons (Fsp3) is 0.750. The molecule has 21 heavy (non-hydrogen) atoms. The Balaban J connectivity index is 2.00. The van der Waals surface area contributed by atoms with E-state index in [0.29, 0.717) is 6.42 Å². The van der Waals surface area contributed by atoms with Gasteiger partial charge in [-0.15, -0.1) is 11.3 Å². The molecule has 1 aromatic heterocycles. The lowest BCUT2D eigenvalue weighted by Crippen LogP contribution is -2.20. The highest BCUT2D eigenvalue weighted by atomic mass is 32.1. The average Bonchev–Trinajstić information content (AvgIpc) is 2.68. The van der Waals surface area contributed by atoms with Gasteiger partial charge in [-0.2, -0.15) is 13.2 Å². The first-order valence-corrected chi connectivity index (χ1v) is 8.73. The van der Waals surface area contributed by atoms with E-state index < -0.39 is 12.6 Å². The predicted molar refractivity (Wildman–Crippen MR) is 81.9 cm³/mol. The Morgan fingerprint density at radius 1 is 1.24 bits per heavy atom. The van der Waals surface area contributed by atoms with E-state index in [9.17, 15) is 13.2 Å². The number of rotatable bonds is 6. The smallest absolute Gasteiger partial charge is 0.310 e. The maximum atomic E-state index is 12.3. The number of nitrogens with one attached hydrogen (secondary N) is 1. The van der Waals surface area contributed by atoms with Crippen LogP contribution in [0.15, 0.2) is 6.07 Å². The minimum absolute atomic E-state index is 0.0780. The molecular weight excluding hydrogens is 295 g/mol. The molecule has 5 heteroatoms. The molecular formula is C16H24F3NS. The molecule has 0 saturated heterocycles. The lowest BCUT2D eigenvalue weighted by molar-refractivity contribution is -0.135. The van der Waals surface area contributed by atoms with Crippen molar-refractivity contribution >= 4 is 11.3 Å². The van der Waals surface area contributed by atoms with Crippen molar-refractivity contribution in [2.24, 2.45) is 0 Å². The molecule has 1 nitrogen and oxygen atoms in total. The Hall–Kier alpha value is -0.550. The Morgan fingerprint density at radius 2 is 2.00 bits per heavy atom. The largest absolute Gasteiger partial charge is 0.389 e. The SMILES string of the molecule is CCNC(CCCC(F)(F)F)c1cc2c(s1)CCCCC2. The van der Waals surface area contributed by atoms with Gasteiger partial charge in [0.2, 0.25) is 0 Å². The summed E-state index contributed by atoms with van der Waals surface area (Å²) in [6.07, 6.45) is 2.09. The molecule has 1 unspecified atom stereocenters. The van der Waals surface area contributed by atoms with Gasteiger partial charge in [0.1, 0.15) is 0 Å². The van der Waals surface area contributed by atoms with E-state index in [1.165, 1.54) is 34.6 Å². The number of halogens is 3. The monoisotopic (exact) mass is 319 g/mol. The van der Waals surface area contributed by atoms with Gasteiger partial charge in [-0.3, -0.25) is 0 Å². The van der Waals surface area contributed by atoms with Gasteiger partial charge in [-0.05, 0) is 56.7 Å². The third-order valence-corrected chi connectivity index (χ3v) is 5.36. The second kappa shape index (κ2) is 7.63. The summed E-state index contributed by atoms with van der Waals surface area (Å²) in [4.78, 5) is 2.69. The number of fused-ring (bicyclic) bond motifs is 1. The summed E-state index contributed by atoms with van der Waals surface area (Å²) in [5, 5.41) is 3.35. The van der Waals surface area contributed by atoms with E-state index >= 15 is 0 Å². The zero-order valence-electron chi connectivity index (χ0n) is 12.6. The fourth-order valence-corrected chi connectivity index (χ4v) is 4.33. The molecule has 0 saturated carbocycles. The molecule has 0 aromatic carbocycles. The van der Waals surface area contributed by atoms with Crippen LogP contribution >= 0.6 is 11.3 Å². The normalized spacial score (nSPS) is 17.3. The minimum atomic E-state index is -4.04. The third kappa shape index (κ3) is 5.29. The van der Waals surface area contributed by atoms with Crippen LogP contribution in [0.5, 0.6) is 0 Å². The molecule has 1 heterocycles. The van der Waals surface area contributed by atoms with Crippen molar-refractivity contribution in [1.82, 2.24) is 5.32 Å². The zero-order chi connectivity index (χ0) is 15.3. The molecule has 1 atom stereocenters. The molecule has 0 spiro atoms. The van der Waals surface area contributed by atoms with E-state index in [1.54, 1.807) is 0 Å². The summed E-state index contributed by atoms with van der Waals surface area (Å²) in [7, 11) is 0. The highest BCUT2D eigenvalue weighted by Gasteiger charge is 2.27. The van der Waals surface area contributed by atoms with Gasteiger partial charge in [0.05, 0.1) is 0 Å². The second-order valence-electron chi connectivity index (χ2n) is 5.78. The van der Waals surface area contributed by atoms with Gasteiger partial charge in [0.15, 0.2) is 0 Å². The highest BCUT2D eigenvalue weighted by molar-refractivity contribution is 7.12. The Kier molecular flexibility index (Phi) is 6.11. The average molecular weight is 319 g/mol. The summed E-state index contributed by atoms with van der Waals surface area (Å²) in [6.45, 7) is 2.80. The van der Waals surface area contributed by atoms with E-state index in [1.807, 2.05) is 18.3 Å². The fourth-order valence-electron chi connectivity index (χ4n) is 2.96. The first-order valence-electron chi connectivity index (χ1n) is 7.91. The van der Waals surface area contributed by atoms with Gasteiger partial charge < -0.3 is 5.32 Å². The highest BCUT2D eigenvalue weighted by Crippen LogP contribution is 2.34. The van der Waals surface area contributed by atoms with Crippen molar-refractivity contribution in [3.05, 3.63) is 21.4 Å². The number of hydrogen-bond acceptors (Lipinski definition) is 2. The van der Waals surface area contributed by atoms with Crippen LogP contribution in [-0.4, -0.2) is 12.7 Å². The first kappa shape index (κ1) is 16.8. The molecule has 0 bridgehead atoms. The van der Waals surface area contributed by atoms with Gasteiger partial charge in [0.25, 0.3) is 0 Å². The van der Waals surface area contributed by atoms with Crippen LogP contribution in [0.2, 0.25) is 0 Å². The van der Waals surface area contributed by atoms with Crippen LogP contribution in [-0.2, 0) is 12.8 Å². The van der Waals surface area contributed by atoms with E-state index in [2.05, 4.69) is 11.4 Å². The van der Waals surface area contributed by atoms with Crippen LogP contribution in [0.25, 0.3) is 0 Å². The third-order valence-electron chi connectivity index (χ3n) is 4.01. The maximum absolute atomic E-state index is 12.3. The van der Waals surface area contributed by atoms with Gasteiger partial charge >= 0.3 is 6.18 Å². The van der Waals surface area contributed by atoms with E-state index in [-0.39, 0.29) is 12.5 Å². The number of thiophene rings is 1. The van der Waals surface area contributed by atoms with Gasteiger partial charge in [-0.25, -0.2) is 0 Å². The predicted octanol–water partition coefficient (Wildman–Crippen LogP) is 5.40. The Morgan fingerprint density at radius 3 is 2.71 bits per heavy atom. The topological polar surface area (TPSA) is 12.0 Å². The quantitative estimate of drug-likeness (QED) is 0.692. The van der Waals surface area contributed by atoms with E-state index in [0.717, 1.165) is 19.4 Å². The van der Waals surface area contributed by atoms with E-state index in [4.69, 9.17) is 0 Å². The molecule has 2 rings (SSSR count). The zero-order valence-corrected chi connectivity index (χ0v) is 13.4. The molecule has 1 aliphatic carbocycles. The summed E-state index contributed by atoms with van der Waals surface area (Å²) in [5.41, 5.74) is 1.44. The molecule has 0 radical (unpaired) electrons. The van der Waals surface area contributed by atoms with Gasteiger partial charge in [-0.1, -0.05) is 13.3 Å². The van der Waals surface area contributed by atoms with Crippen LogP contribution in [0.1, 0.15) is 66.8 Å².